The lowest BCUT2D eigenvalue weighted by molar-refractivity contribution is 0.134. The number of hydrogen-bond donors (Lipinski definition) is 0. The Morgan fingerprint density at radius 2 is 1.95 bits per heavy atom. The van der Waals surface area contributed by atoms with Gasteiger partial charge in [0.2, 0.25) is 0 Å². The summed E-state index contributed by atoms with van der Waals surface area (Å²) in [6.45, 7) is 1.91. The molecule has 0 saturated carbocycles. The number of nitrogens with zero attached hydrogens (tertiary/aromatic N) is 2. The fraction of sp³-hybridized carbons (Fsp3) is 0.615. The Morgan fingerprint density at radius 1 is 1.20 bits per heavy atom. The van der Waals surface area contributed by atoms with Crippen LogP contribution in [0.25, 0.3) is 0 Å². The molecule has 0 radical (unpaired) electrons. The van der Waals surface area contributed by atoms with Crippen molar-refractivity contribution in [3.05, 3.63) is 34.2 Å². The topological polar surface area (TPSA) is 60.8 Å². The van der Waals surface area contributed by atoms with Crippen molar-refractivity contribution in [3.63, 3.8) is 0 Å². The Bertz CT molecular complexity index is 607. The molecule has 6 nitrogen and oxygen atoms in total. The van der Waals surface area contributed by atoms with E-state index < -0.39 is 7.75 Å². The lowest BCUT2D eigenvalue weighted by Gasteiger charge is -2.43. The number of hydrogen-bond acceptors (Lipinski definition) is 4. The van der Waals surface area contributed by atoms with Crippen LogP contribution in [-0.4, -0.2) is 36.5 Å². The molecule has 3 rings (SSSR count). The second-order valence-electron chi connectivity index (χ2n) is 5.40. The number of aromatic nitrogens is 1. The van der Waals surface area contributed by atoms with Crippen molar-refractivity contribution in [2.45, 2.75) is 18.9 Å². The van der Waals surface area contributed by atoms with E-state index in [2.05, 4.69) is 0 Å². The molecular weight excluding hydrogens is 279 g/mol. The van der Waals surface area contributed by atoms with Crippen LogP contribution < -0.4 is 5.56 Å². The van der Waals surface area contributed by atoms with Crippen molar-refractivity contribution < 1.29 is 13.6 Å². The van der Waals surface area contributed by atoms with Crippen molar-refractivity contribution in [1.82, 2.24) is 9.24 Å². The van der Waals surface area contributed by atoms with Crippen molar-refractivity contribution in [3.8, 4) is 0 Å². The van der Waals surface area contributed by atoms with Gasteiger partial charge < -0.3 is 4.57 Å². The van der Waals surface area contributed by atoms with Gasteiger partial charge in [-0.15, -0.1) is 0 Å². The molecule has 20 heavy (non-hydrogen) atoms. The second-order valence-corrected chi connectivity index (χ2v) is 7.64. The van der Waals surface area contributed by atoms with E-state index in [9.17, 15) is 9.36 Å². The predicted octanol–water partition coefficient (Wildman–Crippen LogP) is 1.67. The van der Waals surface area contributed by atoms with Crippen molar-refractivity contribution in [2.75, 3.05) is 27.3 Å². The molecule has 1 aromatic heterocycles. The van der Waals surface area contributed by atoms with Gasteiger partial charge >= 0.3 is 7.75 Å². The molecule has 110 valence electrons. The van der Waals surface area contributed by atoms with Crippen LogP contribution in [0.5, 0.6) is 0 Å². The van der Waals surface area contributed by atoms with Gasteiger partial charge in [-0.2, -0.15) is 0 Å². The van der Waals surface area contributed by atoms with Crippen LogP contribution in [0.3, 0.4) is 0 Å². The largest absolute Gasteiger partial charge is 0.407 e. The Kier molecular flexibility index (Phi) is 3.58. The first-order chi connectivity index (χ1) is 9.57. The Balaban J connectivity index is 1.95. The first-order valence-corrected chi connectivity index (χ1v) is 8.23. The summed E-state index contributed by atoms with van der Waals surface area (Å²) < 4.78 is 26.4. The molecule has 0 aliphatic carbocycles. The van der Waals surface area contributed by atoms with Gasteiger partial charge in [0.25, 0.3) is 5.56 Å². The summed E-state index contributed by atoms with van der Waals surface area (Å²) >= 11 is 0. The highest BCUT2D eigenvalue weighted by Gasteiger charge is 2.42. The quantitative estimate of drug-likeness (QED) is 0.794. The Labute approximate surface area is 117 Å². The zero-order valence-electron chi connectivity index (χ0n) is 11.7. The molecule has 3 heterocycles. The minimum atomic E-state index is -3.19. The molecule has 2 bridgehead atoms. The van der Waals surface area contributed by atoms with Gasteiger partial charge in [0.15, 0.2) is 0 Å². The summed E-state index contributed by atoms with van der Waals surface area (Å²) in [7, 11) is -0.369. The fourth-order valence-corrected chi connectivity index (χ4v) is 4.82. The molecule has 1 aromatic rings. The molecule has 0 aromatic carbocycles. The van der Waals surface area contributed by atoms with Gasteiger partial charge in [-0.05, 0) is 18.4 Å². The van der Waals surface area contributed by atoms with Gasteiger partial charge in [-0.25, -0.2) is 9.24 Å². The van der Waals surface area contributed by atoms with Crippen LogP contribution in [0.2, 0.25) is 0 Å². The third kappa shape index (κ3) is 2.17. The Hall–Kier alpha value is -0.940. The van der Waals surface area contributed by atoms with Crippen LogP contribution in [0.1, 0.15) is 18.0 Å². The maximum atomic E-state index is 12.5. The van der Waals surface area contributed by atoms with E-state index in [1.54, 1.807) is 16.8 Å². The minimum Gasteiger partial charge on any atom is -0.312 e. The lowest BCUT2D eigenvalue weighted by Crippen LogP contribution is -2.46. The van der Waals surface area contributed by atoms with Gasteiger partial charge in [0, 0.05) is 51.5 Å². The van der Waals surface area contributed by atoms with Crippen LogP contribution in [0, 0.1) is 5.92 Å². The summed E-state index contributed by atoms with van der Waals surface area (Å²) in [5.41, 5.74) is 1.07. The Morgan fingerprint density at radius 3 is 2.65 bits per heavy atom. The van der Waals surface area contributed by atoms with E-state index in [-0.39, 0.29) is 11.5 Å². The summed E-state index contributed by atoms with van der Waals surface area (Å²) in [6.07, 6.45) is 1.02. The first kappa shape index (κ1) is 14.0. The first-order valence-electron chi connectivity index (χ1n) is 6.74. The smallest absolute Gasteiger partial charge is 0.312 e. The van der Waals surface area contributed by atoms with Crippen LogP contribution in [-0.2, 0) is 20.2 Å². The average molecular weight is 298 g/mol. The molecule has 7 heteroatoms. The minimum absolute atomic E-state index is 0.0484. The highest BCUT2D eigenvalue weighted by Crippen LogP contribution is 2.54. The van der Waals surface area contributed by atoms with Crippen molar-refractivity contribution >= 4 is 7.75 Å². The van der Waals surface area contributed by atoms with Crippen LogP contribution in [0.4, 0.5) is 0 Å². The number of rotatable bonds is 3. The second kappa shape index (κ2) is 5.11. The van der Waals surface area contributed by atoms with E-state index in [4.69, 9.17) is 9.05 Å². The summed E-state index contributed by atoms with van der Waals surface area (Å²) in [4.78, 5) is 11.9. The summed E-state index contributed by atoms with van der Waals surface area (Å²) in [5.74, 6) is 0.509. The van der Waals surface area contributed by atoms with Gasteiger partial charge in [0.1, 0.15) is 0 Å². The van der Waals surface area contributed by atoms with E-state index in [0.29, 0.717) is 25.6 Å². The molecule has 0 amide bonds. The van der Waals surface area contributed by atoms with Crippen LogP contribution >= 0.6 is 7.75 Å². The van der Waals surface area contributed by atoms with E-state index in [1.807, 2.05) is 10.6 Å². The molecule has 1 fully saturated rings. The fourth-order valence-electron chi connectivity index (χ4n) is 3.38. The number of pyridine rings is 1. The zero-order valence-corrected chi connectivity index (χ0v) is 12.6. The van der Waals surface area contributed by atoms with Gasteiger partial charge in [-0.1, -0.05) is 6.07 Å². The molecule has 2 atom stereocenters. The monoisotopic (exact) mass is 298 g/mol. The molecule has 0 N–H and O–H groups in total. The predicted molar refractivity (Wildman–Crippen MR) is 74.7 cm³/mol. The third-order valence-corrected chi connectivity index (χ3v) is 6.21. The molecular formula is C13H19N2O4P. The SMILES string of the molecule is COP(=O)(OC)N1C[C@@H]2C[C@H](C1)c1cccc(=O)n1C2. The zero-order chi connectivity index (χ0) is 14.3. The van der Waals surface area contributed by atoms with E-state index in [1.165, 1.54) is 14.2 Å². The van der Waals surface area contributed by atoms with Crippen molar-refractivity contribution in [1.29, 1.82) is 0 Å². The molecule has 0 spiro atoms. The summed E-state index contributed by atoms with van der Waals surface area (Å²) in [5, 5.41) is 0. The average Bonchev–Trinajstić information content (AvgIpc) is 2.47. The van der Waals surface area contributed by atoms with Gasteiger partial charge in [-0.3, -0.25) is 13.8 Å². The number of piperidine rings is 1. The molecule has 1 saturated heterocycles. The normalized spacial score (nSPS) is 26.3. The standard InChI is InChI=1S/C13H19N2O4P/c1-18-20(17,19-2)14-7-10-6-11(9-14)12-4-3-5-13(16)15(12)8-10/h3-5,10-11H,6-9H2,1-2H3/t10-,11+/m0/s1. The maximum Gasteiger partial charge on any atom is 0.407 e. The lowest BCUT2D eigenvalue weighted by atomic mass is 9.84. The summed E-state index contributed by atoms with van der Waals surface area (Å²) in [6, 6.07) is 5.37. The highest BCUT2D eigenvalue weighted by molar-refractivity contribution is 7.51. The van der Waals surface area contributed by atoms with Crippen LogP contribution in [0.15, 0.2) is 23.0 Å². The number of fused-ring (bicyclic) bond motifs is 4. The highest BCUT2D eigenvalue weighted by atomic mass is 31.2. The molecule has 2 aliphatic rings. The maximum absolute atomic E-state index is 12.5. The molecule has 2 aliphatic heterocycles. The van der Waals surface area contributed by atoms with E-state index >= 15 is 0 Å². The van der Waals surface area contributed by atoms with E-state index in [0.717, 1.165) is 12.1 Å². The third-order valence-electron chi connectivity index (χ3n) is 4.27. The molecule has 0 unspecified atom stereocenters. The van der Waals surface area contributed by atoms with Gasteiger partial charge in [0.05, 0.1) is 0 Å². The van der Waals surface area contributed by atoms with Crippen molar-refractivity contribution in [2.24, 2.45) is 5.92 Å².